The largest absolute Gasteiger partial charge is 0.382 e. The second-order valence-electron chi connectivity index (χ2n) is 3.63. The number of amides is 1. The lowest BCUT2D eigenvalue weighted by Gasteiger charge is -2.13. The van der Waals surface area contributed by atoms with Gasteiger partial charge in [0.15, 0.2) is 0 Å². The number of hydrogen-bond acceptors (Lipinski definition) is 3. The van der Waals surface area contributed by atoms with Crippen molar-refractivity contribution < 1.29 is 4.79 Å². The van der Waals surface area contributed by atoms with E-state index in [4.69, 9.17) is 5.73 Å². The second-order valence-corrected chi connectivity index (χ2v) is 3.63. The summed E-state index contributed by atoms with van der Waals surface area (Å²) >= 11 is 0. The van der Waals surface area contributed by atoms with E-state index in [2.05, 4.69) is 5.10 Å². The van der Waals surface area contributed by atoms with Crippen LogP contribution in [-0.4, -0.2) is 33.7 Å². The molecular weight excluding hydrogens is 180 g/mol. The van der Waals surface area contributed by atoms with Gasteiger partial charge in [0, 0.05) is 26.2 Å². The third-order valence-corrected chi connectivity index (χ3v) is 2.61. The van der Waals surface area contributed by atoms with Crippen molar-refractivity contribution in [2.24, 2.45) is 0 Å². The molecule has 1 fully saturated rings. The summed E-state index contributed by atoms with van der Waals surface area (Å²) in [5.74, 6) is 0.666. The van der Waals surface area contributed by atoms with E-state index in [9.17, 15) is 4.79 Å². The van der Waals surface area contributed by atoms with Crippen LogP contribution in [0.5, 0.6) is 0 Å². The van der Waals surface area contributed by atoms with Gasteiger partial charge < -0.3 is 10.6 Å². The molecule has 1 aromatic rings. The number of rotatable bonds is 1. The van der Waals surface area contributed by atoms with Crippen molar-refractivity contribution in [3.05, 3.63) is 12.3 Å². The number of hydrogen-bond donors (Lipinski definition) is 1. The Labute approximate surface area is 82.5 Å². The maximum Gasteiger partial charge on any atom is 0.219 e. The Morgan fingerprint density at radius 3 is 3.00 bits per heavy atom. The van der Waals surface area contributed by atoms with Crippen LogP contribution in [0, 0.1) is 0 Å². The van der Waals surface area contributed by atoms with Gasteiger partial charge in [-0.05, 0) is 12.5 Å². The van der Waals surface area contributed by atoms with Crippen LogP contribution in [0.3, 0.4) is 0 Å². The van der Waals surface area contributed by atoms with E-state index >= 15 is 0 Å². The average molecular weight is 194 g/mol. The molecule has 1 aliphatic rings. The van der Waals surface area contributed by atoms with Crippen LogP contribution >= 0.6 is 0 Å². The normalized spacial score (nSPS) is 21.5. The van der Waals surface area contributed by atoms with E-state index in [0.717, 1.165) is 19.5 Å². The first-order valence-electron chi connectivity index (χ1n) is 4.73. The zero-order valence-electron chi connectivity index (χ0n) is 8.18. The van der Waals surface area contributed by atoms with Crippen LogP contribution in [0.2, 0.25) is 0 Å². The smallest absolute Gasteiger partial charge is 0.219 e. The van der Waals surface area contributed by atoms with Gasteiger partial charge in [-0.25, -0.2) is 0 Å². The minimum Gasteiger partial charge on any atom is -0.382 e. The highest BCUT2D eigenvalue weighted by atomic mass is 16.2. The topological polar surface area (TPSA) is 64.2 Å². The van der Waals surface area contributed by atoms with Gasteiger partial charge in [-0.15, -0.1) is 0 Å². The predicted molar refractivity (Wildman–Crippen MR) is 52.5 cm³/mol. The first kappa shape index (κ1) is 9.05. The average Bonchev–Trinajstić information content (AvgIpc) is 2.70. The fraction of sp³-hybridized carbons (Fsp3) is 0.556. The number of anilines is 1. The fourth-order valence-electron chi connectivity index (χ4n) is 1.80. The molecule has 1 aliphatic heterocycles. The third kappa shape index (κ3) is 1.57. The summed E-state index contributed by atoms with van der Waals surface area (Å²) in [4.78, 5) is 12.9. The minimum atomic E-state index is 0.132. The molecule has 1 saturated heterocycles. The summed E-state index contributed by atoms with van der Waals surface area (Å²) in [6, 6.07) is 2.06. The number of carbonyl (C=O) groups is 1. The zero-order chi connectivity index (χ0) is 10.1. The van der Waals surface area contributed by atoms with E-state index in [0.29, 0.717) is 5.82 Å². The van der Waals surface area contributed by atoms with Crippen molar-refractivity contribution in [1.29, 1.82) is 0 Å². The Kier molecular flexibility index (Phi) is 2.15. The van der Waals surface area contributed by atoms with E-state index in [1.807, 2.05) is 15.8 Å². The highest BCUT2D eigenvalue weighted by Crippen LogP contribution is 2.21. The number of aromatic nitrogens is 2. The molecular formula is C9H14N4O. The molecule has 5 heteroatoms. The molecule has 2 N–H and O–H groups in total. The fourth-order valence-corrected chi connectivity index (χ4v) is 1.80. The van der Waals surface area contributed by atoms with Gasteiger partial charge in [0.2, 0.25) is 5.91 Å². The van der Waals surface area contributed by atoms with Crippen LogP contribution in [0.4, 0.5) is 5.82 Å². The van der Waals surface area contributed by atoms with Crippen molar-refractivity contribution >= 4 is 11.7 Å². The maximum absolute atomic E-state index is 11.1. The van der Waals surface area contributed by atoms with Crippen LogP contribution in [0.1, 0.15) is 19.4 Å². The molecule has 0 bridgehead atoms. The van der Waals surface area contributed by atoms with E-state index in [-0.39, 0.29) is 11.9 Å². The Morgan fingerprint density at radius 1 is 1.71 bits per heavy atom. The molecule has 2 rings (SSSR count). The van der Waals surface area contributed by atoms with Gasteiger partial charge in [0.25, 0.3) is 0 Å². The molecule has 0 saturated carbocycles. The SMILES string of the molecule is CC(=O)N1CCC(n2ccc(N)n2)C1. The summed E-state index contributed by atoms with van der Waals surface area (Å²) in [6.45, 7) is 3.16. The van der Waals surface area contributed by atoms with Crippen LogP contribution < -0.4 is 5.73 Å². The molecule has 1 atom stereocenters. The molecule has 76 valence electrons. The van der Waals surface area contributed by atoms with Crippen molar-refractivity contribution in [2.45, 2.75) is 19.4 Å². The van der Waals surface area contributed by atoms with E-state index < -0.39 is 0 Å². The number of likely N-dealkylation sites (tertiary alicyclic amines) is 1. The second kappa shape index (κ2) is 3.32. The third-order valence-electron chi connectivity index (χ3n) is 2.61. The van der Waals surface area contributed by atoms with Crippen molar-refractivity contribution in [3.63, 3.8) is 0 Å². The molecule has 5 nitrogen and oxygen atoms in total. The lowest BCUT2D eigenvalue weighted by Crippen LogP contribution is -2.26. The summed E-state index contributed by atoms with van der Waals surface area (Å²) in [5.41, 5.74) is 5.53. The van der Waals surface area contributed by atoms with Crippen LogP contribution in [-0.2, 0) is 4.79 Å². The molecule has 0 radical (unpaired) electrons. The Bertz CT molecular complexity index is 346. The van der Waals surface area contributed by atoms with Gasteiger partial charge in [-0.3, -0.25) is 9.48 Å². The van der Waals surface area contributed by atoms with Crippen LogP contribution in [0.25, 0.3) is 0 Å². The molecule has 1 unspecified atom stereocenters. The molecule has 0 spiro atoms. The number of nitrogens with zero attached hydrogens (tertiary/aromatic N) is 3. The zero-order valence-corrected chi connectivity index (χ0v) is 8.18. The van der Waals surface area contributed by atoms with E-state index in [1.54, 1.807) is 13.0 Å². The van der Waals surface area contributed by atoms with Gasteiger partial charge in [-0.2, -0.15) is 5.10 Å². The highest BCUT2D eigenvalue weighted by molar-refractivity contribution is 5.73. The Balaban J connectivity index is 2.05. The summed E-state index contributed by atoms with van der Waals surface area (Å²) in [6.07, 6.45) is 2.82. The summed E-state index contributed by atoms with van der Waals surface area (Å²) < 4.78 is 1.85. The van der Waals surface area contributed by atoms with Crippen molar-refractivity contribution in [2.75, 3.05) is 18.8 Å². The van der Waals surface area contributed by atoms with Crippen LogP contribution in [0.15, 0.2) is 12.3 Å². The lowest BCUT2D eigenvalue weighted by molar-refractivity contribution is -0.127. The molecule has 0 aromatic carbocycles. The van der Waals surface area contributed by atoms with Crippen molar-refractivity contribution in [3.8, 4) is 0 Å². The maximum atomic E-state index is 11.1. The first-order chi connectivity index (χ1) is 6.66. The van der Waals surface area contributed by atoms with Gasteiger partial charge in [0.05, 0.1) is 6.04 Å². The highest BCUT2D eigenvalue weighted by Gasteiger charge is 2.25. The summed E-state index contributed by atoms with van der Waals surface area (Å²) in [5, 5.41) is 4.14. The van der Waals surface area contributed by atoms with Gasteiger partial charge in [0.1, 0.15) is 5.82 Å². The summed E-state index contributed by atoms with van der Waals surface area (Å²) in [7, 11) is 0. The standard InChI is InChI=1S/C9H14N4O/c1-7(14)12-4-2-8(6-12)13-5-3-9(10)11-13/h3,5,8H,2,4,6H2,1H3,(H2,10,11). The Morgan fingerprint density at radius 2 is 2.50 bits per heavy atom. The Hall–Kier alpha value is -1.52. The predicted octanol–water partition coefficient (Wildman–Crippen LogP) is 0.259. The first-order valence-corrected chi connectivity index (χ1v) is 4.73. The van der Waals surface area contributed by atoms with Crippen molar-refractivity contribution in [1.82, 2.24) is 14.7 Å². The number of carbonyl (C=O) groups excluding carboxylic acids is 1. The van der Waals surface area contributed by atoms with E-state index in [1.165, 1.54) is 0 Å². The molecule has 2 heterocycles. The monoisotopic (exact) mass is 194 g/mol. The van der Waals surface area contributed by atoms with Gasteiger partial charge in [-0.1, -0.05) is 0 Å². The molecule has 14 heavy (non-hydrogen) atoms. The molecule has 1 amide bonds. The number of nitrogens with two attached hydrogens (primary N) is 1. The number of nitrogen functional groups attached to an aromatic ring is 1. The minimum absolute atomic E-state index is 0.132. The molecule has 1 aromatic heterocycles. The quantitative estimate of drug-likeness (QED) is 0.697. The lowest BCUT2D eigenvalue weighted by atomic mass is 10.3. The molecule has 0 aliphatic carbocycles. The van der Waals surface area contributed by atoms with Gasteiger partial charge >= 0.3 is 0 Å².